The molecule has 1 rings (SSSR count). The second kappa shape index (κ2) is 4.75. The molecule has 1 aromatic carbocycles. The van der Waals surface area contributed by atoms with Gasteiger partial charge in [-0.3, -0.25) is 10.1 Å². The van der Waals surface area contributed by atoms with Crippen molar-refractivity contribution in [2.45, 2.75) is 19.1 Å². The van der Waals surface area contributed by atoms with Gasteiger partial charge in [-0.05, 0) is 6.07 Å². The number of para-hydroxylation sites is 1. The van der Waals surface area contributed by atoms with Gasteiger partial charge in [0, 0.05) is 17.4 Å². The highest BCUT2D eigenvalue weighted by molar-refractivity contribution is 5.35. The summed E-state index contributed by atoms with van der Waals surface area (Å²) in [5.41, 5.74) is 0.434. The van der Waals surface area contributed by atoms with Crippen LogP contribution in [-0.4, -0.2) is 23.2 Å². The molecule has 1 aromatic rings. The molecule has 0 amide bonds. The fourth-order valence-electron chi connectivity index (χ4n) is 1.29. The van der Waals surface area contributed by atoms with Crippen LogP contribution in [0.5, 0.6) is 5.75 Å². The Morgan fingerprint density at radius 1 is 1.47 bits per heavy atom. The van der Waals surface area contributed by atoms with Gasteiger partial charge in [0.15, 0.2) is 0 Å². The van der Waals surface area contributed by atoms with Crippen LogP contribution in [0.3, 0.4) is 0 Å². The molecule has 0 fully saturated rings. The molecule has 0 aromatic heterocycles. The third-order valence-electron chi connectivity index (χ3n) is 2.25. The molecular formula is C10H13NO4. The van der Waals surface area contributed by atoms with Gasteiger partial charge in [-0.25, -0.2) is 0 Å². The Balaban J connectivity index is 2.99. The molecule has 5 heteroatoms. The Morgan fingerprint density at radius 3 is 2.60 bits per heavy atom. The third-order valence-corrected chi connectivity index (χ3v) is 2.25. The monoisotopic (exact) mass is 211 g/mol. The minimum Gasteiger partial charge on any atom is -0.496 e. The van der Waals surface area contributed by atoms with Crippen molar-refractivity contribution >= 4 is 0 Å². The van der Waals surface area contributed by atoms with Gasteiger partial charge in [-0.2, -0.15) is 0 Å². The van der Waals surface area contributed by atoms with Gasteiger partial charge in [0.2, 0.25) is 6.04 Å². The molecule has 0 aliphatic rings. The van der Waals surface area contributed by atoms with Crippen molar-refractivity contribution in [2.24, 2.45) is 0 Å². The first kappa shape index (κ1) is 11.5. The zero-order valence-electron chi connectivity index (χ0n) is 8.58. The maximum absolute atomic E-state index is 10.5. The van der Waals surface area contributed by atoms with Crippen molar-refractivity contribution in [3.8, 4) is 5.75 Å². The Morgan fingerprint density at radius 2 is 2.07 bits per heavy atom. The van der Waals surface area contributed by atoms with Crippen molar-refractivity contribution in [1.29, 1.82) is 0 Å². The van der Waals surface area contributed by atoms with Crippen LogP contribution in [0.25, 0.3) is 0 Å². The Labute approximate surface area is 87.5 Å². The van der Waals surface area contributed by atoms with E-state index < -0.39 is 17.1 Å². The second-order valence-corrected chi connectivity index (χ2v) is 3.21. The van der Waals surface area contributed by atoms with Crippen molar-refractivity contribution in [3.63, 3.8) is 0 Å². The smallest absolute Gasteiger partial charge is 0.240 e. The lowest BCUT2D eigenvalue weighted by Crippen LogP contribution is -2.24. The Kier molecular flexibility index (Phi) is 3.62. The minimum atomic E-state index is -1.16. The van der Waals surface area contributed by atoms with Gasteiger partial charge >= 0.3 is 0 Å². The number of hydrogen-bond donors (Lipinski definition) is 1. The van der Waals surface area contributed by atoms with E-state index >= 15 is 0 Å². The summed E-state index contributed by atoms with van der Waals surface area (Å²) in [6.07, 6.45) is -1.16. The predicted octanol–water partition coefficient (Wildman–Crippen LogP) is 1.39. The van der Waals surface area contributed by atoms with Crippen LogP contribution in [0.4, 0.5) is 0 Å². The number of ether oxygens (including phenoxy) is 1. The molecule has 0 unspecified atom stereocenters. The standard InChI is InChI=1S/C10H13NO4/c1-7(11(13)14)10(12)8-5-3-4-6-9(8)15-2/h3-7,10,12H,1-2H3/t7-,10+/m1/s1. The topological polar surface area (TPSA) is 72.6 Å². The van der Waals surface area contributed by atoms with Crippen molar-refractivity contribution in [3.05, 3.63) is 39.9 Å². The zero-order chi connectivity index (χ0) is 11.4. The van der Waals surface area contributed by atoms with Crippen LogP contribution in [0.2, 0.25) is 0 Å². The number of nitrogens with zero attached hydrogens (tertiary/aromatic N) is 1. The molecule has 0 aliphatic carbocycles. The molecule has 82 valence electrons. The number of benzene rings is 1. The SMILES string of the molecule is COc1ccccc1[C@@H](O)[C@@H](C)[N+](=O)[O-]. The molecular weight excluding hydrogens is 198 g/mol. The van der Waals surface area contributed by atoms with Crippen LogP contribution < -0.4 is 4.74 Å². The van der Waals surface area contributed by atoms with Gasteiger partial charge in [0.05, 0.1) is 7.11 Å². The summed E-state index contributed by atoms with van der Waals surface area (Å²) in [4.78, 5) is 10.0. The Bertz CT molecular complexity index is 353. The second-order valence-electron chi connectivity index (χ2n) is 3.21. The van der Waals surface area contributed by atoms with E-state index in [9.17, 15) is 15.2 Å². The van der Waals surface area contributed by atoms with Crippen LogP contribution in [0, 0.1) is 10.1 Å². The molecule has 0 bridgehead atoms. The number of nitro groups is 1. The van der Waals surface area contributed by atoms with E-state index in [0.29, 0.717) is 11.3 Å². The van der Waals surface area contributed by atoms with Gasteiger partial charge in [0.1, 0.15) is 11.9 Å². The maximum atomic E-state index is 10.5. The first-order valence-electron chi connectivity index (χ1n) is 4.52. The summed E-state index contributed by atoms with van der Waals surface area (Å²) in [6.45, 7) is 1.36. The summed E-state index contributed by atoms with van der Waals surface area (Å²) in [7, 11) is 1.46. The van der Waals surface area contributed by atoms with E-state index in [-0.39, 0.29) is 0 Å². The zero-order valence-corrected chi connectivity index (χ0v) is 8.58. The summed E-state index contributed by atoms with van der Waals surface area (Å²) < 4.78 is 5.01. The molecule has 0 aliphatic heterocycles. The average Bonchev–Trinajstić information content (AvgIpc) is 2.26. The fourth-order valence-corrected chi connectivity index (χ4v) is 1.29. The van der Waals surface area contributed by atoms with Gasteiger partial charge in [0.25, 0.3) is 0 Å². The van der Waals surface area contributed by atoms with Crippen LogP contribution in [0.1, 0.15) is 18.6 Å². The Hall–Kier alpha value is -1.62. The number of rotatable bonds is 4. The van der Waals surface area contributed by atoms with E-state index in [2.05, 4.69) is 0 Å². The molecule has 2 atom stereocenters. The van der Waals surface area contributed by atoms with Crippen molar-refractivity contribution < 1.29 is 14.8 Å². The van der Waals surface area contributed by atoms with E-state index in [4.69, 9.17) is 4.74 Å². The molecule has 0 heterocycles. The van der Waals surface area contributed by atoms with Crippen LogP contribution >= 0.6 is 0 Å². The average molecular weight is 211 g/mol. The normalized spacial score (nSPS) is 14.3. The minimum absolute atomic E-state index is 0.434. The molecule has 5 nitrogen and oxygen atoms in total. The summed E-state index contributed by atoms with van der Waals surface area (Å²) in [5, 5.41) is 20.3. The van der Waals surface area contributed by atoms with E-state index in [0.717, 1.165) is 0 Å². The number of hydrogen-bond acceptors (Lipinski definition) is 4. The molecule has 1 N–H and O–H groups in total. The van der Waals surface area contributed by atoms with Gasteiger partial charge in [-0.15, -0.1) is 0 Å². The number of aliphatic hydroxyl groups excluding tert-OH is 1. The highest BCUT2D eigenvalue weighted by atomic mass is 16.6. The molecule has 0 saturated carbocycles. The molecule has 0 radical (unpaired) electrons. The third kappa shape index (κ3) is 2.44. The van der Waals surface area contributed by atoms with E-state index in [1.54, 1.807) is 24.3 Å². The first-order chi connectivity index (χ1) is 7.07. The largest absolute Gasteiger partial charge is 0.496 e. The lowest BCUT2D eigenvalue weighted by atomic mass is 10.0. The molecule has 0 saturated heterocycles. The summed E-state index contributed by atoms with van der Waals surface area (Å²) >= 11 is 0. The van der Waals surface area contributed by atoms with Crippen LogP contribution in [0.15, 0.2) is 24.3 Å². The lowest BCUT2D eigenvalue weighted by molar-refractivity contribution is -0.531. The highest BCUT2D eigenvalue weighted by Crippen LogP contribution is 2.27. The highest BCUT2D eigenvalue weighted by Gasteiger charge is 2.27. The summed E-state index contributed by atoms with van der Waals surface area (Å²) in [6, 6.07) is 5.66. The number of aliphatic hydroxyl groups is 1. The van der Waals surface area contributed by atoms with Gasteiger partial charge < -0.3 is 9.84 Å². The number of methoxy groups -OCH3 is 1. The first-order valence-corrected chi connectivity index (χ1v) is 4.52. The molecule has 15 heavy (non-hydrogen) atoms. The quantitative estimate of drug-likeness (QED) is 0.603. The van der Waals surface area contributed by atoms with Gasteiger partial charge in [-0.1, -0.05) is 18.2 Å². The van der Waals surface area contributed by atoms with Crippen molar-refractivity contribution in [2.75, 3.05) is 7.11 Å². The summed E-state index contributed by atoms with van der Waals surface area (Å²) in [5.74, 6) is 0.457. The molecule has 0 spiro atoms. The van der Waals surface area contributed by atoms with E-state index in [1.165, 1.54) is 14.0 Å². The fraction of sp³-hybridized carbons (Fsp3) is 0.400. The maximum Gasteiger partial charge on any atom is 0.240 e. The predicted molar refractivity (Wildman–Crippen MR) is 54.4 cm³/mol. The van der Waals surface area contributed by atoms with Crippen molar-refractivity contribution in [1.82, 2.24) is 0 Å². The van der Waals surface area contributed by atoms with E-state index in [1.807, 2.05) is 0 Å². The lowest BCUT2D eigenvalue weighted by Gasteiger charge is -2.15. The van der Waals surface area contributed by atoms with Crippen LogP contribution in [-0.2, 0) is 0 Å².